The summed E-state index contributed by atoms with van der Waals surface area (Å²) in [6.07, 6.45) is 4.98. The molecule has 0 unspecified atom stereocenters. The third kappa shape index (κ3) is 1.71. The van der Waals surface area contributed by atoms with E-state index in [1.54, 1.807) is 0 Å². The van der Waals surface area contributed by atoms with Gasteiger partial charge in [-0.05, 0) is 30.0 Å². The molecule has 2 aromatic rings. The Balaban J connectivity index is 2.06. The van der Waals surface area contributed by atoms with Crippen LogP contribution in [0.15, 0.2) is 30.7 Å². The van der Waals surface area contributed by atoms with Crippen molar-refractivity contribution in [1.29, 1.82) is 0 Å². The van der Waals surface area contributed by atoms with Crippen LogP contribution in [0.1, 0.15) is 31.0 Å². The van der Waals surface area contributed by atoms with Crippen molar-refractivity contribution in [3.05, 3.63) is 42.0 Å². The van der Waals surface area contributed by atoms with Gasteiger partial charge in [0, 0.05) is 29.8 Å². The molecule has 0 amide bonds. The second-order valence-corrected chi connectivity index (χ2v) is 4.86. The van der Waals surface area contributed by atoms with E-state index < -0.39 is 0 Å². The molecular formula is C14H17N3. The zero-order valence-electron chi connectivity index (χ0n) is 10.3. The van der Waals surface area contributed by atoms with E-state index in [9.17, 15) is 0 Å². The number of aromatic nitrogens is 2. The molecule has 0 spiro atoms. The van der Waals surface area contributed by atoms with Crippen LogP contribution in [0.2, 0.25) is 0 Å². The smallest absolute Gasteiger partial charge is 0.0994 e. The van der Waals surface area contributed by atoms with E-state index in [-0.39, 0.29) is 0 Å². The van der Waals surface area contributed by atoms with E-state index in [0.29, 0.717) is 5.92 Å². The first-order valence-corrected chi connectivity index (χ1v) is 6.15. The highest BCUT2D eigenvalue weighted by Gasteiger charge is 2.13. The van der Waals surface area contributed by atoms with Crippen molar-refractivity contribution < 1.29 is 0 Å². The monoisotopic (exact) mass is 227 g/mol. The molecule has 0 fully saturated rings. The molecule has 0 bridgehead atoms. The van der Waals surface area contributed by atoms with Crippen molar-refractivity contribution >= 4 is 5.69 Å². The van der Waals surface area contributed by atoms with Gasteiger partial charge in [-0.15, -0.1) is 0 Å². The van der Waals surface area contributed by atoms with Gasteiger partial charge in [-0.25, -0.2) is 4.98 Å². The topological polar surface area (TPSA) is 29.9 Å². The van der Waals surface area contributed by atoms with Gasteiger partial charge in [-0.2, -0.15) is 0 Å². The molecule has 3 nitrogen and oxygen atoms in total. The molecule has 88 valence electrons. The lowest BCUT2D eigenvalue weighted by molar-refractivity contribution is 0.787. The van der Waals surface area contributed by atoms with E-state index in [2.05, 4.69) is 46.9 Å². The lowest BCUT2D eigenvalue weighted by Crippen LogP contribution is -2.01. The molecule has 0 atom stereocenters. The third-order valence-corrected chi connectivity index (χ3v) is 3.34. The van der Waals surface area contributed by atoms with Crippen LogP contribution in [0.4, 0.5) is 5.69 Å². The molecule has 3 rings (SSSR count). The van der Waals surface area contributed by atoms with Gasteiger partial charge < -0.3 is 9.88 Å². The molecule has 1 aromatic carbocycles. The maximum Gasteiger partial charge on any atom is 0.0994 e. The molecule has 1 N–H and O–H groups in total. The highest BCUT2D eigenvalue weighted by atomic mass is 15.1. The Kier molecular flexibility index (Phi) is 2.39. The van der Waals surface area contributed by atoms with Crippen molar-refractivity contribution in [2.45, 2.75) is 26.2 Å². The van der Waals surface area contributed by atoms with E-state index in [1.807, 2.05) is 12.5 Å². The minimum atomic E-state index is 0.485. The van der Waals surface area contributed by atoms with Gasteiger partial charge in [-0.3, -0.25) is 0 Å². The van der Waals surface area contributed by atoms with Crippen LogP contribution in [-0.4, -0.2) is 16.1 Å². The number of rotatable bonds is 2. The van der Waals surface area contributed by atoms with Gasteiger partial charge in [0.05, 0.1) is 6.33 Å². The number of nitrogens with zero attached hydrogens (tertiary/aromatic N) is 2. The predicted molar refractivity (Wildman–Crippen MR) is 69.8 cm³/mol. The first kappa shape index (κ1) is 10.4. The number of anilines is 1. The molecule has 2 heterocycles. The first-order valence-electron chi connectivity index (χ1n) is 6.15. The minimum Gasteiger partial charge on any atom is -0.384 e. The summed E-state index contributed by atoms with van der Waals surface area (Å²) in [4.78, 5) is 4.26. The number of hydrogen-bond donors (Lipinski definition) is 1. The van der Waals surface area contributed by atoms with Crippen LogP contribution in [0.5, 0.6) is 0 Å². The van der Waals surface area contributed by atoms with Crippen LogP contribution in [0, 0.1) is 0 Å². The van der Waals surface area contributed by atoms with E-state index in [1.165, 1.54) is 22.6 Å². The zero-order chi connectivity index (χ0) is 11.8. The van der Waals surface area contributed by atoms with Crippen molar-refractivity contribution in [3.8, 4) is 5.69 Å². The van der Waals surface area contributed by atoms with Crippen LogP contribution >= 0.6 is 0 Å². The molecule has 3 heteroatoms. The molecule has 0 saturated carbocycles. The Labute approximate surface area is 101 Å². The van der Waals surface area contributed by atoms with E-state index in [4.69, 9.17) is 0 Å². The summed E-state index contributed by atoms with van der Waals surface area (Å²) >= 11 is 0. The summed E-state index contributed by atoms with van der Waals surface area (Å²) in [5.74, 6) is 0.485. The maximum absolute atomic E-state index is 4.26. The summed E-state index contributed by atoms with van der Waals surface area (Å²) in [6.45, 7) is 5.44. The van der Waals surface area contributed by atoms with Gasteiger partial charge >= 0.3 is 0 Å². The Morgan fingerprint density at radius 2 is 2.24 bits per heavy atom. The Morgan fingerprint density at radius 3 is 3.06 bits per heavy atom. The zero-order valence-corrected chi connectivity index (χ0v) is 10.3. The highest BCUT2D eigenvalue weighted by molar-refractivity contribution is 5.60. The number of benzene rings is 1. The van der Waals surface area contributed by atoms with Crippen molar-refractivity contribution in [3.63, 3.8) is 0 Å². The Bertz CT molecular complexity index is 540. The highest BCUT2D eigenvalue weighted by Crippen LogP contribution is 2.26. The van der Waals surface area contributed by atoms with E-state index in [0.717, 1.165) is 13.0 Å². The fraction of sp³-hybridized carbons (Fsp3) is 0.357. The Hall–Kier alpha value is -1.77. The van der Waals surface area contributed by atoms with Crippen LogP contribution in [0.25, 0.3) is 5.69 Å². The number of imidazole rings is 1. The number of fused-ring (bicyclic) bond motifs is 1. The fourth-order valence-electron chi connectivity index (χ4n) is 2.38. The molecule has 0 aliphatic carbocycles. The lowest BCUT2D eigenvalue weighted by atomic mass is 10.1. The predicted octanol–water partition coefficient (Wildman–Crippen LogP) is 2.96. The summed E-state index contributed by atoms with van der Waals surface area (Å²) in [5, 5.41) is 3.42. The first-order chi connectivity index (χ1) is 8.25. The molecule has 17 heavy (non-hydrogen) atoms. The van der Waals surface area contributed by atoms with Crippen LogP contribution in [-0.2, 0) is 6.42 Å². The van der Waals surface area contributed by atoms with E-state index >= 15 is 0 Å². The van der Waals surface area contributed by atoms with Crippen molar-refractivity contribution in [1.82, 2.24) is 9.55 Å². The maximum atomic E-state index is 4.26. The number of nitrogens with one attached hydrogen (secondary N) is 1. The summed E-state index contributed by atoms with van der Waals surface area (Å²) in [7, 11) is 0. The summed E-state index contributed by atoms with van der Waals surface area (Å²) < 4.78 is 2.17. The van der Waals surface area contributed by atoms with Crippen molar-refractivity contribution in [2.24, 2.45) is 0 Å². The van der Waals surface area contributed by atoms with Gasteiger partial charge in [0.2, 0.25) is 0 Å². The molecule has 0 radical (unpaired) electrons. The Morgan fingerprint density at radius 1 is 1.35 bits per heavy atom. The molecule has 0 saturated heterocycles. The quantitative estimate of drug-likeness (QED) is 0.854. The van der Waals surface area contributed by atoms with Gasteiger partial charge in [0.25, 0.3) is 0 Å². The molecular weight excluding hydrogens is 210 g/mol. The second kappa shape index (κ2) is 3.91. The third-order valence-electron chi connectivity index (χ3n) is 3.34. The fourth-order valence-corrected chi connectivity index (χ4v) is 2.38. The molecule has 1 aliphatic rings. The average molecular weight is 227 g/mol. The van der Waals surface area contributed by atoms with Gasteiger partial charge in [0.15, 0.2) is 0 Å². The second-order valence-electron chi connectivity index (χ2n) is 4.86. The van der Waals surface area contributed by atoms with Crippen LogP contribution < -0.4 is 5.32 Å². The average Bonchev–Trinajstić information content (AvgIpc) is 2.96. The normalized spacial score (nSPS) is 13.8. The summed E-state index contributed by atoms with van der Waals surface area (Å²) in [5.41, 5.74) is 5.13. The SMILES string of the molecule is CC(C)c1cncn1-c1ccc2c(c1)NCC2. The van der Waals surface area contributed by atoms with Crippen LogP contribution in [0.3, 0.4) is 0 Å². The van der Waals surface area contributed by atoms with Gasteiger partial charge in [0.1, 0.15) is 0 Å². The largest absolute Gasteiger partial charge is 0.384 e. The van der Waals surface area contributed by atoms with Gasteiger partial charge in [-0.1, -0.05) is 19.9 Å². The number of hydrogen-bond acceptors (Lipinski definition) is 2. The molecule has 1 aromatic heterocycles. The summed E-state index contributed by atoms with van der Waals surface area (Å²) in [6, 6.07) is 6.62. The van der Waals surface area contributed by atoms with Crippen molar-refractivity contribution in [2.75, 3.05) is 11.9 Å². The standard InChI is InChI=1S/C14H17N3/c1-10(2)14-8-15-9-17(14)12-4-3-11-5-6-16-13(11)7-12/h3-4,7-10,16H,5-6H2,1-2H3. The molecule has 1 aliphatic heterocycles. The minimum absolute atomic E-state index is 0.485. The lowest BCUT2D eigenvalue weighted by Gasteiger charge is -2.12.